The highest BCUT2D eigenvalue weighted by molar-refractivity contribution is 7.89. The molecule has 0 bridgehead atoms. The van der Waals surface area contributed by atoms with Gasteiger partial charge in [0.1, 0.15) is 22.3 Å². The minimum Gasteiger partial charge on any atom is -0.508 e. The molecule has 1 aromatic heterocycles. The van der Waals surface area contributed by atoms with Crippen LogP contribution in [0.25, 0.3) is 0 Å². The number of nitrogens with zero attached hydrogens (tertiary/aromatic N) is 1. The van der Waals surface area contributed by atoms with Gasteiger partial charge >= 0.3 is 0 Å². The van der Waals surface area contributed by atoms with Crippen molar-refractivity contribution in [3.63, 3.8) is 0 Å². The molecule has 4 N–H and O–H groups in total. The molecule has 0 unspecified atom stereocenters. The maximum absolute atomic E-state index is 13.2. The maximum Gasteiger partial charge on any atom is 0.241 e. The lowest BCUT2D eigenvalue weighted by molar-refractivity contribution is 0.468. The first-order chi connectivity index (χ1) is 10.3. The Labute approximate surface area is 127 Å². The fourth-order valence-electron chi connectivity index (χ4n) is 1.99. The molecule has 0 radical (unpaired) electrons. The van der Waals surface area contributed by atoms with E-state index in [1.54, 1.807) is 6.92 Å². The number of aryl methyl sites for hydroxylation is 1. The van der Waals surface area contributed by atoms with Gasteiger partial charge in [0.25, 0.3) is 0 Å². The van der Waals surface area contributed by atoms with E-state index in [2.05, 4.69) is 10.3 Å². The molecule has 1 heterocycles. The molecule has 0 atom stereocenters. The van der Waals surface area contributed by atoms with Gasteiger partial charge < -0.3 is 10.4 Å². The van der Waals surface area contributed by atoms with Gasteiger partial charge in [0, 0.05) is 18.8 Å². The van der Waals surface area contributed by atoms with Gasteiger partial charge in [0.15, 0.2) is 0 Å². The van der Waals surface area contributed by atoms with Gasteiger partial charge in [-0.25, -0.2) is 22.9 Å². The van der Waals surface area contributed by atoms with E-state index in [4.69, 9.17) is 5.14 Å². The summed E-state index contributed by atoms with van der Waals surface area (Å²) >= 11 is 0. The first-order valence-electron chi connectivity index (χ1n) is 6.47. The molecule has 0 fully saturated rings. The quantitative estimate of drug-likeness (QED) is 0.773. The number of hydrogen-bond donors (Lipinski definition) is 3. The van der Waals surface area contributed by atoms with Crippen molar-refractivity contribution in [1.82, 2.24) is 4.98 Å². The molecule has 2 rings (SSSR count). The lowest BCUT2D eigenvalue weighted by atomic mass is 10.1. The zero-order valence-corrected chi connectivity index (χ0v) is 12.7. The number of anilines is 1. The van der Waals surface area contributed by atoms with Gasteiger partial charge in [-0.15, -0.1) is 0 Å². The third kappa shape index (κ3) is 4.15. The number of nitrogens with one attached hydrogen (secondary N) is 1. The van der Waals surface area contributed by atoms with Crippen LogP contribution in [-0.2, 0) is 16.4 Å². The van der Waals surface area contributed by atoms with Gasteiger partial charge in [-0.2, -0.15) is 0 Å². The summed E-state index contributed by atoms with van der Waals surface area (Å²) in [5.41, 5.74) is 1.25. The van der Waals surface area contributed by atoms with Gasteiger partial charge in [0.2, 0.25) is 10.0 Å². The Kier molecular flexibility index (Phi) is 4.62. The van der Waals surface area contributed by atoms with Crippen molar-refractivity contribution in [3.05, 3.63) is 47.4 Å². The number of primary sulfonamides is 1. The third-order valence-electron chi connectivity index (χ3n) is 2.94. The average Bonchev–Trinajstić information content (AvgIpc) is 2.38. The number of hydrogen-bond acceptors (Lipinski definition) is 5. The van der Waals surface area contributed by atoms with Crippen molar-refractivity contribution >= 4 is 15.8 Å². The lowest BCUT2D eigenvalue weighted by Crippen LogP contribution is -2.17. The SMILES string of the molecule is Cc1cnc(NCCc2cc(O)cc(F)c2)c(S(N)(=O)=O)c1. The molecular weight excluding hydrogens is 309 g/mol. The zero-order chi connectivity index (χ0) is 16.3. The summed E-state index contributed by atoms with van der Waals surface area (Å²) in [4.78, 5) is 3.93. The van der Waals surface area contributed by atoms with Crippen LogP contribution in [0.2, 0.25) is 0 Å². The summed E-state index contributed by atoms with van der Waals surface area (Å²) in [5.74, 6) is -0.545. The number of rotatable bonds is 5. The summed E-state index contributed by atoms with van der Waals surface area (Å²) in [5, 5.41) is 17.3. The summed E-state index contributed by atoms with van der Waals surface area (Å²) < 4.78 is 36.2. The van der Waals surface area contributed by atoms with Crippen LogP contribution in [0.4, 0.5) is 10.2 Å². The topological polar surface area (TPSA) is 105 Å². The monoisotopic (exact) mass is 325 g/mol. The Morgan fingerprint density at radius 3 is 2.68 bits per heavy atom. The van der Waals surface area contributed by atoms with Crippen LogP contribution in [-0.4, -0.2) is 25.1 Å². The Morgan fingerprint density at radius 1 is 1.32 bits per heavy atom. The molecule has 0 aliphatic heterocycles. The molecule has 0 aliphatic rings. The van der Waals surface area contributed by atoms with E-state index in [0.717, 1.165) is 6.07 Å². The second-order valence-corrected chi connectivity index (χ2v) is 6.43. The normalized spacial score (nSPS) is 11.4. The summed E-state index contributed by atoms with van der Waals surface area (Å²) in [6.45, 7) is 2.02. The number of pyridine rings is 1. The summed E-state index contributed by atoms with van der Waals surface area (Å²) in [6.07, 6.45) is 1.90. The van der Waals surface area contributed by atoms with Crippen LogP contribution in [0, 0.1) is 12.7 Å². The zero-order valence-electron chi connectivity index (χ0n) is 11.9. The number of sulfonamides is 1. The Bertz CT molecular complexity index is 774. The summed E-state index contributed by atoms with van der Waals surface area (Å²) in [7, 11) is -3.89. The van der Waals surface area contributed by atoms with E-state index >= 15 is 0 Å². The largest absolute Gasteiger partial charge is 0.508 e. The predicted octanol–water partition coefficient (Wildman–Crippen LogP) is 1.54. The van der Waals surface area contributed by atoms with Gasteiger partial charge in [-0.05, 0) is 42.7 Å². The van der Waals surface area contributed by atoms with E-state index in [0.29, 0.717) is 24.1 Å². The molecule has 2 aromatic rings. The number of halogens is 1. The molecule has 6 nitrogen and oxygen atoms in total. The van der Waals surface area contributed by atoms with Crippen molar-refractivity contribution in [3.8, 4) is 5.75 Å². The van der Waals surface area contributed by atoms with Crippen molar-refractivity contribution in [2.24, 2.45) is 5.14 Å². The van der Waals surface area contributed by atoms with Crippen molar-refractivity contribution in [2.75, 3.05) is 11.9 Å². The number of phenols is 1. The minimum absolute atomic E-state index is 0.0883. The van der Waals surface area contributed by atoms with Crippen molar-refractivity contribution in [2.45, 2.75) is 18.2 Å². The molecule has 1 aromatic carbocycles. The Balaban J connectivity index is 2.12. The maximum atomic E-state index is 13.2. The number of phenolic OH excluding ortho intramolecular Hbond substituents is 1. The van der Waals surface area contributed by atoms with Crippen LogP contribution >= 0.6 is 0 Å². The number of aromatic nitrogens is 1. The number of aromatic hydroxyl groups is 1. The molecule has 0 aliphatic carbocycles. The molecule has 0 saturated carbocycles. The molecule has 22 heavy (non-hydrogen) atoms. The van der Waals surface area contributed by atoms with Crippen molar-refractivity contribution in [1.29, 1.82) is 0 Å². The predicted molar refractivity (Wildman–Crippen MR) is 80.6 cm³/mol. The highest BCUT2D eigenvalue weighted by Gasteiger charge is 2.15. The van der Waals surface area contributed by atoms with E-state index in [-0.39, 0.29) is 16.5 Å². The van der Waals surface area contributed by atoms with Crippen molar-refractivity contribution < 1.29 is 17.9 Å². The van der Waals surface area contributed by atoms with Crippen LogP contribution in [0.15, 0.2) is 35.4 Å². The average molecular weight is 325 g/mol. The fourth-order valence-corrected chi connectivity index (χ4v) is 2.74. The van der Waals surface area contributed by atoms with Crippen LogP contribution < -0.4 is 10.5 Å². The van der Waals surface area contributed by atoms with Crippen LogP contribution in [0.5, 0.6) is 5.75 Å². The smallest absolute Gasteiger partial charge is 0.241 e. The molecule has 8 heteroatoms. The van der Waals surface area contributed by atoms with Gasteiger partial charge in [-0.1, -0.05) is 0 Å². The lowest BCUT2D eigenvalue weighted by Gasteiger charge is -2.10. The molecule has 0 saturated heterocycles. The van der Waals surface area contributed by atoms with Gasteiger partial charge in [0.05, 0.1) is 0 Å². The molecule has 0 amide bonds. The highest BCUT2D eigenvalue weighted by atomic mass is 32.2. The van der Waals surface area contributed by atoms with E-state index in [9.17, 15) is 17.9 Å². The number of benzene rings is 1. The number of nitrogens with two attached hydrogens (primary N) is 1. The second kappa shape index (κ2) is 6.29. The molecule has 118 valence electrons. The minimum atomic E-state index is -3.89. The second-order valence-electron chi connectivity index (χ2n) is 4.90. The first kappa shape index (κ1) is 16.2. The highest BCUT2D eigenvalue weighted by Crippen LogP contribution is 2.19. The fraction of sp³-hybridized carbons (Fsp3) is 0.214. The Morgan fingerprint density at radius 2 is 2.05 bits per heavy atom. The van der Waals surface area contributed by atoms with Crippen LogP contribution in [0.1, 0.15) is 11.1 Å². The third-order valence-corrected chi connectivity index (χ3v) is 3.87. The van der Waals surface area contributed by atoms with Gasteiger partial charge in [-0.3, -0.25) is 0 Å². The van der Waals surface area contributed by atoms with Crippen LogP contribution in [0.3, 0.4) is 0 Å². The molecule has 0 spiro atoms. The standard InChI is InChI=1S/C14H16FN3O3S/c1-9-4-13(22(16,20)21)14(18-8-9)17-3-2-10-5-11(15)7-12(19)6-10/h4-8,19H,2-3H2,1H3,(H,17,18)(H2,16,20,21). The summed E-state index contributed by atoms with van der Waals surface area (Å²) in [6, 6.07) is 5.18. The first-order valence-corrected chi connectivity index (χ1v) is 8.02. The van der Waals surface area contributed by atoms with E-state index in [1.807, 2.05) is 0 Å². The van der Waals surface area contributed by atoms with E-state index < -0.39 is 15.8 Å². The molecular formula is C14H16FN3O3S. The van der Waals surface area contributed by atoms with E-state index in [1.165, 1.54) is 24.4 Å². The Hall–Kier alpha value is -2.19.